The van der Waals surface area contributed by atoms with Gasteiger partial charge in [-0.15, -0.1) is 0 Å². The summed E-state index contributed by atoms with van der Waals surface area (Å²) >= 11 is 6.80. The molecule has 5 nitrogen and oxygen atoms in total. The molecule has 2 aromatic carbocycles. The lowest BCUT2D eigenvalue weighted by Gasteiger charge is -2.13. The smallest absolute Gasteiger partial charge is 0.321 e. The largest absolute Gasteiger partial charge is 0.416 e. The first-order valence-electron chi connectivity index (χ1n) is 7.89. The van der Waals surface area contributed by atoms with Gasteiger partial charge < -0.3 is 5.32 Å². The molecule has 0 radical (unpaired) electrons. The second-order valence-corrected chi connectivity index (χ2v) is 7.21. The summed E-state index contributed by atoms with van der Waals surface area (Å²) in [6, 6.07) is 8.67. The lowest BCUT2D eigenvalue weighted by atomic mass is 10.1. The van der Waals surface area contributed by atoms with E-state index in [9.17, 15) is 27.6 Å². The van der Waals surface area contributed by atoms with Crippen LogP contribution >= 0.6 is 23.4 Å². The summed E-state index contributed by atoms with van der Waals surface area (Å²) in [5.74, 6) is -0.815. The number of alkyl halides is 3. The average Bonchev–Trinajstić information content (AvgIpc) is 2.95. The summed E-state index contributed by atoms with van der Waals surface area (Å²) in [6.07, 6.45) is -4.56. The third kappa shape index (κ3) is 4.48. The van der Waals surface area contributed by atoms with E-state index in [4.69, 9.17) is 11.6 Å². The average molecular weight is 429 g/mol. The van der Waals surface area contributed by atoms with Crippen LogP contribution in [0.5, 0.6) is 0 Å². The molecule has 0 aromatic heterocycles. The molecule has 0 unspecified atom stereocenters. The van der Waals surface area contributed by atoms with Crippen LogP contribution in [0.4, 0.5) is 23.7 Å². The normalized spacial score (nSPS) is 14.5. The number of rotatable bonds is 4. The van der Waals surface area contributed by atoms with Gasteiger partial charge in [0.2, 0.25) is 5.91 Å². The van der Waals surface area contributed by atoms with Gasteiger partial charge in [0.25, 0.3) is 11.1 Å². The highest BCUT2D eigenvalue weighted by molar-refractivity contribution is 8.14. The van der Waals surface area contributed by atoms with Gasteiger partial charge in [0.05, 0.1) is 28.6 Å². The summed E-state index contributed by atoms with van der Waals surface area (Å²) in [4.78, 5) is 36.7. The Hall–Kier alpha value is -2.52. The minimum atomic E-state index is -4.56. The first kappa shape index (κ1) is 20.2. The standard InChI is InChI=1S/C18H12ClF3N2O3S/c19-13-6-5-12(18(20,21)22)7-14(13)23-16(26)11-3-1-10(2-4-11)8-24-15(25)9-28-17(24)27/h1-7H,8-9H2,(H,23,26). The fourth-order valence-electron chi connectivity index (χ4n) is 2.47. The molecule has 0 aliphatic carbocycles. The molecule has 2 aromatic rings. The Morgan fingerprint density at radius 3 is 2.39 bits per heavy atom. The highest BCUT2D eigenvalue weighted by atomic mass is 35.5. The zero-order chi connectivity index (χ0) is 20.5. The number of halogens is 4. The lowest BCUT2D eigenvalue weighted by Crippen LogP contribution is -2.27. The minimum Gasteiger partial charge on any atom is -0.321 e. The van der Waals surface area contributed by atoms with Crippen molar-refractivity contribution in [2.45, 2.75) is 12.7 Å². The number of carbonyl (C=O) groups is 3. The van der Waals surface area contributed by atoms with E-state index in [-0.39, 0.29) is 39.7 Å². The predicted molar refractivity (Wildman–Crippen MR) is 99.3 cm³/mol. The Kier molecular flexibility index (Phi) is 5.66. The van der Waals surface area contributed by atoms with Gasteiger partial charge in [0.15, 0.2) is 0 Å². The second kappa shape index (κ2) is 7.84. The van der Waals surface area contributed by atoms with Crippen LogP contribution in [0, 0.1) is 0 Å². The highest BCUT2D eigenvalue weighted by Crippen LogP contribution is 2.34. The topological polar surface area (TPSA) is 66.5 Å². The number of hydrogen-bond acceptors (Lipinski definition) is 4. The van der Waals surface area contributed by atoms with Gasteiger partial charge in [0, 0.05) is 5.56 Å². The molecule has 1 heterocycles. The Bertz CT molecular complexity index is 932. The molecule has 0 spiro atoms. The molecule has 1 aliphatic rings. The van der Waals surface area contributed by atoms with E-state index in [0.717, 1.165) is 34.9 Å². The fraction of sp³-hybridized carbons (Fsp3) is 0.167. The molecule has 1 fully saturated rings. The molecule has 0 saturated carbocycles. The van der Waals surface area contributed by atoms with E-state index in [1.807, 2.05) is 0 Å². The molecule has 0 bridgehead atoms. The van der Waals surface area contributed by atoms with Crippen LogP contribution in [0.1, 0.15) is 21.5 Å². The van der Waals surface area contributed by atoms with Gasteiger partial charge in [-0.3, -0.25) is 19.3 Å². The summed E-state index contributed by atoms with van der Waals surface area (Å²) in [5.41, 5.74) is -0.264. The van der Waals surface area contributed by atoms with Crippen LogP contribution in [0.2, 0.25) is 5.02 Å². The van der Waals surface area contributed by atoms with Crippen LogP contribution in [-0.4, -0.2) is 27.7 Å². The van der Waals surface area contributed by atoms with E-state index in [2.05, 4.69) is 5.32 Å². The predicted octanol–water partition coefficient (Wildman–Crippen LogP) is 4.81. The van der Waals surface area contributed by atoms with Crippen molar-refractivity contribution in [2.75, 3.05) is 11.1 Å². The number of imide groups is 1. The monoisotopic (exact) mass is 428 g/mol. The van der Waals surface area contributed by atoms with Crippen LogP contribution in [0.3, 0.4) is 0 Å². The number of nitrogens with zero attached hydrogens (tertiary/aromatic N) is 1. The van der Waals surface area contributed by atoms with E-state index in [1.54, 1.807) is 12.1 Å². The molecule has 10 heteroatoms. The number of benzene rings is 2. The van der Waals surface area contributed by atoms with Crippen molar-refractivity contribution in [2.24, 2.45) is 0 Å². The van der Waals surface area contributed by atoms with Crippen molar-refractivity contribution in [3.8, 4) is 0 Å². The van der Waals surface area contributed by atoms with Crippen LogP contribution in [0.25, 0.3) is 0 Å². The number of carbonyl (C=O) groups excluding carboxylic acids is 3. The van der Waals surface area contributed by atoms with Crippen LogP contribution in [0.15, 0.2) is 42.5 Å². The number of nitrogens with one attached hydrogen (secondary N) is 1. The van der Waals surface area contributed by atoms with Crippen LogP contribution in [-0.2, 0) is 17.5 Å². The van der Waals surface area contributed by atoms with Gasteiger partial charge in [-0.1, -0.05) is 35.5 Å². The Balaban J connectivity index is 1.72. The van der Waals surface area contributed by atoms with Gasteiger partial charge in [-0.05, 0) is 35.9 Å². The maximum Gasteiger partial charge on any atom is 0.416 e. The summed E-state index contributed by atoms with van der Waals surface area (Å²) in [6.45, 7) is 0.0893. The van der Waals surface area contributed by atoms with E-state index in [0.29, 0.717) is 5.56 Å². The fourth-order valence-corrected chi connectivity index (χ4v) is 3.36. The molecule has 1 aliphatic heterocycles. The molecule has 1 saturated heterocycles. The molecule has 3 amide bonds. The number of hydrogen-bond donors (Lipinski definition) is 1. The number of anilines is 1. The Morgan fingerprint density at radius 2 is 1.82 bits per heavy atom. The number of amides is 3. The third-order valence-corrected chi connectivity index (χ3v) is 5.13. The highest BCUT2D eigenvalue weighted by Gasteiger charge is 2.31. The Labute approximate surface area is 166 Å². The first-order valence-corrected chi connectivity index (χ1v) is 9.25. The van der Waals surface area contributed by atoms with Crippen molar-refractivity contribution >= 4 is 46.1 Å². The molecule has 1 N–H and O–H groups in total. The van der Waals surface area contributed by atoms with Crippen molar-refractivity contribution in [3.63, 3.8) is 0 Å². The van der Waals surface area contributed by atoms with E-state index >= 15 is 0 Å². The van der Waals surface area contributed by atoms with Crippen molar-refractivity contribution in [1.29, 1.82) is 0 Å². The van der Waals surface area contributed by atoms with Crippen molar-refractivity contribution in [1.82, 2.24) is 4.90 Å². The first-order chi connectivity index (χ1) is 13.1. The molecular formula is C18H12ClF3N2O3S. The third-order valence-electron chi connectivity index (χ3n) is 3.94. The number of thioether (sulfide) groups is 1. The lowest BCUT2D eigenvalue weighted by molar-refractivity contribution is -0.137. The Morgan fingerprint density at radius 1 is 1.14 bits per heavy atom. The van der Waals surface area contributed by atoms with Crippen LogP contribution < -0.4 is 5.32 Å². The second-order valence-electron chi connectivity index (χ2n) is 5.88. The molecule has 146 valence electrons. The SMILES string of the molecule is O=C(Nc1cc(C(F)(F)F)ccc1Cl)c1ccc(CN2C(=O)CSC2=O)cc1. The summed E-state index contributed by atoms with van der Waals surface area (Å²) < 4.78 is 38.5. The zero-order valence-electron chi connectivity index (χ0n) is 14.0. The molecule has 3 rings (SSSR count). The van der Waals surface area contributed by atoms with Gasteiger partial charge in [-0.2, -0.15) is 13.2 Å². The summed E-state index contributed by atoms with van der Waals surface area (Å²) in [5, 5.41) is 2.00. The van der Waals surface area contributed by atoms with Gasteiger partial charge in [0.1, 0.15) is 0 Å². The molecule has 0 atom stereocenters. The van der Waals surface area contributed by atoms with Crippen molar-refractivity contribution < 1.29 is 27.6 Å². The minimum absolute atomic E-state index is 0.0264. The van der Waals surface area contributed by atoms with Gasteiger partial charge in [-0.25, -0.2) is 0 Å². The molecular weight excluding hydrogens is 417 g/mol. The van der Waals surface area contributed by atoms with E-state index < -0.39 is 17.6 Å². The maximum absolute atomic E-state index is 12.8. The van der Waals surface area contributed by atoms with Crippen molar-refractivity contribution in [3.05, 3.63) is 64.2 Å². The zero-order valence-corrected chi connectivity index (χ0v) is 15.6. The molecule has 28 heavy (non-hydrogen) atoms. The maximum atomic E-state index is 12.8. The van der Waals surface area contributed by atoms with Gasteiger partial charge >= 0.3 is 6.18 Å². The quantitative estimate of drug-likeness (QED) is 0.759. The summed E-state index contributed by atoms with van der Waals surface area (Å²) in [7, 11) is 0. The van der Waals surface area contributed by atoms with E-state index in [1.165, 1.54) is 12.1 Å².